The number of nitrogens with one attached hydrogen (secondary N) is 2. The maximum Gasteiger partial charge on any atom is 0.256 e. The summed E-state index contributed by atoms with van der Waals surface area (Å²) in [5.74, 6) is 0.157. The van der Waals surface area contributed by atoms with Gasteiger partial charge in [0, 0.05) is 18.8 Å². The maximum atomic E-state index is 15.7. The number of anilines is 1. The standard InChI is InChI=1S/C32H29FN4O4/c1-36-12-4-8-21(36)10-11-34-32(39)24-18-37-26-14-19-6-2-3-7-20(19)15-27(26)41-31-28(35-17-22-9-5-13-40-22)25(33)16-23(29(31)37)30(24)38/h2-3,5-7,9,13-16,18,21,35H,4,8,10-12,17H2,1H3,(H,34,39). The molecule has 5 aromatic rings. The number of hydrogen-bond donors (Lipinski definition) is 2. The van der Waals surface area contributed by atoms with Crippen LogP contribution in [0.25, 0.3) is 27.4 Å². The van der Waals surface area contributed by atoms with E-state index in [-0.39, 0.29) is 28.9 Å². The van der Waals surface area contributed by atoms with E-state index in [1.807, 2.05) is 36.4 Å². The van der Waals surface area contributed by atoms with Gasteiger partial charge in [-0.2, -0.15) is 0 Å². The molecule has 8 nitrogen and oxygen atoms in total. The van der Waals surface area contributed by atoms with Gasteiger partial charge in [0.25, 0.3) is 5.91 Å². The molecule has 2 N–H and O–H groups in total. The first-order chi connectivity index (χ1) is 20.0. The van der Waals surface area contributed by atoms with Gasteiger partial charge in [-0.15, -0.1) is 0 Å². The summed E-state index contributed by atoms with van der Waals surface area (Å²) in [5.41, 5.74) is 0.577. The van der Waals surface area contributed by atoms with Gasteiger partial charge in [0.05, 0.1) is 23.9 Å². The number of amides is 1. The molecule has 1 unspecified atom stereocenters. The van der Waals surface area contributed by atoms with Crippen molar-refractivity contribution in [2.24, 2.45) is 0 Å². The molecule has 2 aliphatic heterocycles. The Balaban J connectivity index is 1.34. The van der Waals surface area contributed by atoms with Crippen molar-refractivity contribution in [3.8, 4) is 17.2 Å². The molecule has 0 spiro atoms. The van der Waals surface area contributed by atoms with Crippen LogP contribution in [0.5, 0.6) is 11.5 Å². The van der Waals surface area contributed by atoms with Gasteiger partial charge in [0.1, 0.15) is 22.5 Å². The van der Waals surface area contributed by atoms with Crippen LogP contribution in [0.3, 0.4) is 0 Å². The second-order valence-electron chi connectivity index (χ2n) is 10.7. The van der Waals surface area contributed by atoms with Crippen molar-refractivity contribution < 1.29 is 18.3 Å². The molecule has 0 aliphatic carbocycles. The van der Waals surface area contributed by atoms with E-state index in [2.05, 4.69) is 22.6 Å². The Morgan fingerprint density at radius 2 is 1.95 bits per heavy atom. The third-order valence-corrected chi connectivity index (χ3v) is 8.19. The summed E-state index contributed by atoms with van der Waals surface area (Å²) in [7, 11) is 2.09. The molecule has 1 atom stereocenters. The van der Waals surface area contributed by atoms with Crippen molar-refractivity contribution in [2.75, 3.05) is 25.5 Å². The summed E-state index contributed by atoms with van der Waals surface area (Å²) in [6.07, 6.45) is 6.14. The van der Waals surface area contributed by atoms with Gasteiger partial charge in [-0.05, 0) is 74.0 Å². The summed E-state index contributed by atoms with van der Waals surface area (Å²) in [6, 6.07) is 16.8. The Bertz CT molecular complexity index is 1860. The minimum atomic E-state index is -0.659. The fraction of sp³-hybridized carbons (Fsp3) is 0.250. The molecule has 1 saturated heterocycles. The van der Waals surface area contributed by atoms with Crippen LogP contribution in [0.4, 0.5) is 10.1 Å². The lowest BCUT2D eigenvalue weighted by atomic mass is 10.0. The largest absolute Gasteiger partial charge is 0.467 e. The van der Waals surface area contributed by atoms with Crippen molar-refractivity contribution in [2.45, 2.75) is 31.8 Å². The third kappa shape index (κ3) is 4.42. The Morgan fingerprint density at radius 3 is 2.71 bits per heavy atom. The molecule has 41 heavy (non-hydrogen) atoms. The number of likely N-dealkylation sites (tertiary alicyclic amines) is 1. The third-order valence-electron chi connectivity index (χ3n) is 8.19. The number of carbonyl (C=O) groups is 1. The van der Waals surface area contributed by atoms with Gasteiger partial charge >= 0.3 is 0 Å². The number of nitrogens with zero attached hydrogens (tertiary/aromatic N) is 2. The van der Waals surface area contributed by atoms with Crippen LogP contribution in [-0.2, 0) is 6.54 Å². The summed E-state index contributed by atoms with van der Waals surface area (Å²) >= 11 is 0. The lowest BCUT2D eigenvalue weighted by molar-refractivity contribution is 0.0949. The number of furan rings is 1. The predicted molar refractivity (Wildman–Crippen MR) is 156 cm³/mol. The van der Waals surface area contributed by atoms with E-state index >= 15 is 4.39 Å². The monoisotopic (exact) mass is 552 g/mol. The zero-order chi connectivity index (χ0) is 28.1. The molecular formula is C32H29FN4O4. The highest BCUT2D eigenvalue weighted by Crippen LogP contribution is 2.46. The second-order valence-corrected chi connectivity index (χ2v) is 10.7. The molecule has 1 fully saturated rings. The van der Waals surface area contributed by atoms with Crippen LogP contribution >= 0.6 is 0 Å². The molecule has 208 valence electrons. The Morgan fingerprint density at radius 1 is 1.12 bits per heavy atom. The van der Waals surface area contributed by atoms with Crippen molar-refractivity contribution >= 4 is 33.3 Å². The van der Waals surface area contributed by atoms with Crippen LogP contribution in [0.1, 0.15) is 35.4 Å². The highest BCUT2D eigenvalue weighted by molar-refractivity contribution is 6.02. The quantitative estimate of drug-likeness (QED) is 0.260. The normalized spacial score (nSPS) is 16.1. The predicted octanol–water partition coefficient (Wildman–Crippen LogP) is 5.81. The number of halogens is 1. The van der Waals surface area contributed by atoms with E-state index in [0.717, 1.165) is 36.6 Å². The maximum absolute atomic E-state index is 15.7. The number of benzene rings is 3. The number of fused-ring (bicyclic) bond motifs is 3. The van der Waals surface area contributed by atoms with Crippen LogP contribution in [0.2, 0.25) is 0 Å². The van der Waals surface area contributed by atoms with Crippen LogP contribution < -0.4 is 20.8 Å². The van der Waals surface area contributed by atoms with E-state index in [0.29, 0.717) is 35.3 Å². The zero-order valence-electron chi connectivity index (χ0n) is 22.6. The summed E-state index contributed by atoms with van der Waals surface area (Å²) in [6.45, 7) is 1.72. The van der Waals surface area contributed by atoms with E-state index in [1.54, 1.807) is 29.2 Å². The number of aromatic nitrogens is 1. The van der Waals surface area contributed by atoms with Crippen molar-refractivity contribution in [1.29, 1.82) is 0 Å². The molecule has 9 heteroatoms. The highest BCUT2D eigenvalue weighted by atomic mass is 19.1. The lowest BCUT2D eigenvalue weighted by Crippen LogP contribution is -2.34. The smallest absolute Gasteiger partial charge is 0.256 e. The molecule has 0 bridgehead atoms. The van der Waals surface area contributed by atoms with Crippen molar-refractivity contribution in [3.63, 3.8) is 0 Å². The molecule has 0 saturated carbocycles. The molecule has 0 radical (unpaired) electrons. The van der Waals surface area contributed by atoms with E-state index in [1.165, 1.54) is 6.07 Å². The van der Waals surface area contributed by atoms with E-state index < -0.39 is 17.2 Å². The lowest BCUT2D eigenvalue weighted by Gasteiger charge is -2.26. The first-order valence-corrected chi connectivity index (χ1v) is 13.9. The van der Waals surface area contributed by atoms with Gasteiger partial charge in [0.15, 0.2) is 17.3 Å². The molecule has 2 aromatic heterocycles. The van der Waals surface area contributed by atoms with Gasteiger partial charge in [-0.3, -0.25) is 9.59 Å². The molecular weight excluding hydrogens is 523 g/mol. The van der Waals surface area contributed by atoms with Gasteiger partial charge in [-0.25, -0.2) is 4.39 Å². The average molecular weight is 553 g/mol. The SMILES string of the molecule is CN1CCCC1CCNC(=O)c1cn2c3c(c(NCc4ccco4)c(F)cc3c1=O)Oc1cc3ccccc3cc1-2. The minimum absolute atomic E-state index is 0.0417. The van der Waals surface area contributed by atoms with Gasteiger partial charge < -0.3 is 29.3 Å². The fourth-order valence-corrected chi connectivity index (χ4v) is 6.01. The first-order valence-electron chi connectivity index (χ1n) is 13.9. The van der Waals surface area contributed by atoms with Crippen molar-refractivity contribution in [1.82, 2.24) is 14.8 Å². The molecule has 7 rings (SSSR count). The summed E-state index contributed by atoms with van der Waals surface area (Å²) in [5, 5.41) is 7.99. The van der Waals surface area contributed by atoms with Crippen LogP contribution in [-0.4, -0.2) is 41.6 Å². The van der Waals surface area contributed by atoms with Gasteiger partial charge in [0.2, 0.25) is 5.43 Å². The molecule has 3 aromatic carbocycles. The fourth-order valence-electron chi connectivity index (χ4n) is 6.01. The van der Waals surface area contributed by atoms with E-state index in [9.17, 15) is 9.59 Å². The average Bonchev–Trinajstić information content (AvgIpc) is 3.64. The van der Waals surface area contributed by atoms with E-state index in [4.69, 9.17) is 9.15 Å². The second kappa shape index (κ2) is 10.1. The topological polar surface area (TPSA) is 88.7 Å². The number of rotatable bonds is 7. The van der Waals surface area contributed by atoms with Crippen LogP contribution in [0, 0.1) is 5.82 Å². The number of carbonyl (C=O) groups excluding carboxylic acids is 1. The Hall–Kier alpha value is -4.63. The molecule has 1 amide bonds. The number of pyridine rings is 1. The van der Waals surface area contributed by atoms with Gasteiger partial charge in [-0.1, -0.05) is 24.3 Å². The molecule has 2 aliphatic rings. The Labute approximate surface area is 235 Å². The number of hydrogen-bond acceptors (Lipinski definition) is 6. The summed E-state index contributed by atoms with van der Waals surface area (Å²) in [4.78, 5) is 29.3. The zero-order valence-corrected chi connectivity index (χ0v) is 22.6. The van der Waals surface area contributed by atoms with Crippen molar-refractivity contribution in [3.05, 3.63) is 94.4 Å². The first kappa shape index (κ1) is 25.3. The van der Waals surface area contributed by atoms with Crippen LogP contribution in [0.15, 0.2) is 76.3 Å². The molecule has 4 heterocycles. The minimum Gasteiger partial charge on any atom is -0.467 e. The highest BCUT2D eigenvalue weighted by Gasteiger charge is 2.29. The number of ether oxygens (including phenoxy) is 1. The summed E-state index contributed by atoms with van der Waals surface area (Å²) < 4.78 is 29.2. The Kier molecular flexibility index (Phi) is 6.23.